The third-order valence-corrected chi connectivity index (χ3v) is 4.38. The van der Waals surface area contributed by atoms with E-state index in [2.05, 4.69) is 36.9 Å². The summed E-state index contributed by atoms with van der Waals surface area (Å²) in [6, 6.07) is 6.34. The minimum absolute atomic E-state index is 0.468. The summed E-state index contributed by atoms with van der Waals surface area (Å²) >= 11 is 0. The number of hydrogen-bond acceptors (Lipinski definition) is 3. The zero-order chi connectivity index (χ0) is 15.3. The van der Waals surface area contributed by atoms with E-state index in [1.165, 1.54) is 11.1 Å². The standard InChI is InChI=1S/C18H29NO2/c1-15-6-7-16(2)17(14-15)21-13-5-11-19-10-4-8-18(3,20)9-12-19/h6-7,14,20H,4-5,8-13H2,1-3H3. The van der Waals surface area contributed by atoms with E-state index in [0.717, 1.165) is 57.7 Å². The van der Waals surface area contributed by atoms with Gasteiger partial charge in [-0.1, -0.05) is 12.1 Å². The summed E-state index contributed by atoms with van der Waals surface area (Å²) in [6.07, 6.45) is 3.92. The fourth-order valence-electron chi connectivity index (χ4n) is 2.88. The molecule has 3 nitrogen and oxygen atoms in total. The van der Waals surface area contributed by atoms with Crippen LogP contribution in [0.5, 0.6) is 5.75 Å². The smallest absolute Gasteiger partial charge is 0.122 e. The summed E-state index contributed by atoms with van der Waals surface area (Å²) in [5.41, 5.74) is 1.97. The molecule has 2 rings (SSSR count). The number of aryl methyl sites for hydroxylation is 2. The van der Waals surface area contributed by atoms with Gasteiger partial charge in [0.25, 0.3) is 0 Å². The van der Waals surface area contributed by atoms with Crippen molar-refractivity contribution < 1.29 is 9.84 Å². The van der Waals surface area contributed by atoms with Crippen LogP contribution in [0.4, 0.5) is 0 Å². The first-order valence-corrected chi connectivity index (χ1v) is 8.11. The van der Waals surface area contributed by atoms with E-state index in [-0.39, 0.29) is 0 Å². The van der Waals surface area contributed by atoms with Crippen molar-refractivity contribution in [1.82, 2.24) is 4.90 Å². The van der Waals surface area contributed by atoms with Crippen LogP contribution >= 0.6 is 0 Å². The van der Waals surface area contributed by atoms with Crippen molar-refractivity contribution in [2.75, 3.05) is 26.2 Å². The molecule has 0 saturated carbocycles. The van der Waals surface area contributed by atoms with Crippen molar-refractivity contribution in [3.63, 3.8) is 0 Å². The Morgan fingerprint density at radius 3 is 2.86 bits per heavy atom. The molecule has 1 unspecified atom stereocenters. The molecule has 0 bridgehead atoms. The number of benzene rings is 1. The van der Waals surface area contributed by atoms with E-state index in [4.69, 9.17) is 4.74 Å². The average Bonchev–Trinajstić information content (AvgIpc) is 2.60. The van der Waals surface area contributed by atoms with Gasteiger partial charge in [0.05, 0.1) is 12.2 Å². The molecule has 1 atom stereocenters. The maximum atomic E-state index is 10.1. The zero-order valence-electron chi connectivity index (χ0n) is 13.7. The summed E-state index contributed by atoms with van der Waals surface area (Å²) in [7, 11) is 0. The molecule has 0 spiro atoms. The van der Waals surface area contributed by atoms with Gasteiger partial charge >= 0.3 is 0 Å². The zero-order valence-corrected chi connectivity index (χ0v) is 13.7. The largest absolute Gasteiger partial charge is 0.493 e. The SMILES string of the molecule is Cc1ccc(C)c(OCCCN2CCCC(C)(O)CC2)c1. The highest BCUT2D eigenvalue weighted by molar-refractivity contribution is 5.35. The maximum absolute atomic E-state index is 10.1. The van der Waals surface area contributed by atoms with E-state index in [1.807, 2.05) is 6.92 Å². The number of rotatable bonds is 5. The molecular weight excluding hydrogens is 262 g/mol. The van der Waals surface area contributed by atoms with Crippen molar-refractivity contribution in [1.29, 1.82) is 0 Å². The van der Waals surface area contributed by atoms with E-state index in [9.17, 15) is 5.11 Å². The van der Waals surface area contributed by atoms with Gasteiger partial charge in [0, 0.05) is 13.1 Å². The molecular formula is C18H29NO2. The molecule has 0 radical (unpaired) electrons. The monoisotopic (exact) mass is 291 g/mol. The topological polar surface area (TPSA) is 32.7 Å². The molecule has 1 aromatic rings. The van der Waals surface area contributed by atoms with Gasteiger partial charge in [0.15, 0.2) is 0 Å². The Bertz CT molecular complexity index is 457. The van der Waals surface area contributed by atoms with Crippen molar-refractivity contribution in [2.45, 2.75) is 52.1 Å². The summed E-state index contributed by atoms with van der Waals surface area (Å²) in [6.45, 7) is 10.1. The molecule has 21 heavy (non-hydrogen) atoms. The molecule has 1 aromatic carbocycles. The van der Waals surface area contributed by atoms with Gasteiger partial charge in [-0.15, -0.1) is 0 Å². The summed E-state index contributed by atoms with van der Waals surface area (Å²) in [5.74, 6) is 1.01. The fourth-order valence-corrected chi connectivity index (χ4v) is 2.88. The summed E-state index contributed by atoms with van der Waals surface area (Å²) < 4.78 is 5.90. The Morgan fingerprint density at radius 2 is 2.05 bits per heavy atom. The second kappa shape index (κ2) is 7.28. The highest BCUT2D eigenvalue weighted by Gasteiger charge is 2.24. The first-order valence-electron chi connectivity index (χ1n) is 8.11. The molecule has 0 aromatic heterocycles. The number of nitrogens with zero attached hydrogens (tertiary/aromatic N) is 1. The lowest BCUT2D eigenvalue weighted by Gasteiger charge is -2.22. The van der Waals surface area contributed by atoms with Crippen LogP contribution in [0.25, 0.3) is 0 Å². The highest BCUT2D eigenvalue weighted by atomic mass is 16.5. The van der Waals surface area contributed by atoms with Crippen LogP contribution in [0, 0.1) is 13.8 Å². The third kappa shape index (κ3) is 5.33. The van der Waals surface area contributed by atoms with Crippen LogP contribution in [0.1, 0.15) is 43.7 Å². The van der Waals surface area contributed by atoms with E-state index in [0.29, 0.717) is 0 Å². The molecule has 1 fully saturated rings. The van der Waals surface area contributed by atoms with Crippen LogP contribution in [0.3, 0.4) is 0 Å². The lowest BCUT2D eigenvalue weighted by molar-refractivity contribution is 0.0445. The van der Waals surface area contributed by atoms with Crippen molar-refractivity contribution in [3.05, 3.63) is 29.3 Å². The Hall–Kier alpha value is -1.06. The molecule has 1 N–H and O–H groups in total. The van der Waals surface area contributed by atoms with E-state index >= 15 is 0 Å². The molecule has 0 aliphatic carbocycles. The number of aliphatic hydroxyl groups is 1. The van der Waals surface area contributed by atoms with Gasteiger partial charge in [0.1, 0.15) is 5.75 Å². The Kier molecular flexibility index (Phi) is 5.65. The minimum Gasteiger partial charge on any atom is -0.493 e. The molecule has 0 amide bonds. The molecule has 1 aliphatic heterocycles. The van der Waals surface area contributed by atoms with Gasteiger partial charge in [-0.3, -0.25) is 0 Å². The molecule has 118 valence electrons. The highest BCUT2D eigenvalue weighted by Crippen LogP contribution is 2.22. The lowest BCUT2D eigenvalue weighted by Crippen LogP contribution is -2.29. The number of ether oxygens (including phenoxy) is 1. The maximum Gasteiger partial charge on any atom is 0.122 e. The van der Waals surface area contributed by atoms with Gasteiger partial charge in [-0.2, -0.15) is 0 Å². The molecule has 1 aliphatic rings. The summed E-state index contributed by atoms with van der Waals surface area (Å²) in [5, 5.41) is 10.1. The normalized spacial score (nSPS) is 23.8. The van der Waals surface area contributed by atoms with E-state index in [1.54, 1.807) is 0 Å². The lowest BCUT2D eigenvalue weighted by atomic mass is 9.98. The number of likely N-dealkylation sites (tertiary alicyclic amines) is 1. The van der Waals surface area contributed by atoms with Crippen molar-refractivity contribution in [2.24, 2.45) is 0 Å². The first-order chi connectivity index (χ1) is 9.96. The Balaban J connectivity index is 1.71. The fraction of sp³-hybridized carbons (Fsp3) is 0.667. The second-order valence-electron chi connectivity index (χ2n) is 6.66. The van der Waals surface area contributed by atoms with Crippen LogP contribution < -0.4 is 4.74 Å². The van der Waals surface area contributed by atoms with E-state index < -0.39 is 5.60 Å². The Morgan fingerprint density at radius 1 is 1.24 bits per heavy atom. The Labute approximate surface area is 128 Å². The summed E-state index contributed by atoms with van der Waals surface area (Å²) in [4.78, 5) is 2.45. The average molecular weight is 291 g/mol. The van der Waals surface area contributed by atoms with Gasteiger partial charge in [-0.05, 0) is 70.2 Å². The first kappa shape index (κ1) is 16.3. The quantitative estimate of drug-likeness (QED) is 0.845. The van der Waals surface area contributed by atoms with Gasteiger partial charge in [0.2, 0.25) is 0 Å². The van der Waals surface area contributed by atoms with Crippen molar-refractivity contribution >= 4 is 0 Å². The molecule has 1 heterocycles. The predicted molar refractivity (Wildman–Crippen MR) is 86.9 cm³/mol. The molecule has 1 saturated heterocycles. The van der Waals surface area contributed by atoms with Gasteiger partial charge in [-0.25, -0.2) is 0 Å². The molecule has 3 heteroatoms. The third-order valence-electron chi connectivity index (χ3n) is 4.38. The second-order valence-corrected chi connectivity index (χ2v) is 6.66. The predicted octanol–water partition coefficient (Wildman–Crippen LogP) is 3.31. The van der Waals surface area contributed by atoms with Crippen molar-refractivity contribution in [3.8, 4) is 5.75 Å². The van der Waals surface area contributed by atoms with Crippen LogP contribution in [-0.4, -0.2) is 41.8 Å². The van der Waals surface area contributed by atoms with Gasteiger partial charge < -0.3 is 14.7 Å². The minimum atomic E-state index is -0.468. The van der Waals surface area contributed by atoms with Crippen LogP contribution in [-0.2, 0) is 0 Å². The van der Waals surface area contributed by atoms with Crippen LogP contribution in [0.2, 0.25) is 0 Å². The number of hydrogen-bond donors (Lipinski definition) is 1. The van der Waals surface area contributed by atoms with Crippen LogP contribution in [0.15, 0.2) is 18.2 Å².